The summed E-state index contributed by atoms with van der Waals surface area (Å²) in [4.78, 5) is 2.45. The molecule has 47 heavy (non-hydrogen) atoms. The average Bonchev–Trinajstić information content (AvgIpc) is 3.54. The third-order valence-corrected chi connectivity index (χ3v) is 9.95. The van der Waals surface area contributed by atoms with Gasteiger partial charge in [-0.05, 0) is 117 Å². The molecule has 226 valence electrons. The van der Waals surface area contributed by atoms with Gasteiger partial charge >= 0.3 is 0 Å². The Morgan fingerprint density at radius 3 is 2.11 bits per heavy atom. The Morgan fingerprint density at radius 1 is 0.574 bits per heavy atom. The number of nitrogens with zero attached hydrogens (tertiary/aromatic N) is 1. The van der Waals surface area contributed by atoms with Gasteiger partial charge in [-0.2, -0.15) is 0 Å². The highest BCUT2D eigenvalue weighted by Crippen LogP contribution is 2.46. The summed E-state index contributed by atoms with van der Waals surface area (Å²) in [6.07, 6.45) is 18.2. The van der Waals surface area contributed by atoms with E-state index in [2.05, 4.69) is 168 Å². The Labute approximate surface area is 276 Å². The Kier molecular flexibility index (Phi) is 6.86. The third kappa shape index (κ3) is 4.80. The quantitative estimate of drug-likeness (QED) is 0.197. The van der Waals surface area contributed by atoms with Crippen LogP contribution < -0.4 is 10.2 Å². The maximum Gasteiger partial charge on any atom is 0.130 e. The normalized spacial score (nSPS) is 17.0. The molecule has 1 atom stereocenters. The molecule has 0 aromatic heterocycles. The molecule has 9 rings (SSSR count). The number of allylic oxidation sites excluding steroid dienone is 6. The topological polar surface area (TPSA) is 15.3 Å². The van der Waals surface area contributed by atoms with E-state index in [0.29, 0.717) is 0 Å². The van der Waals surface area contributed by atoms with E-state index in [1.165, 1.54) is 77.6 Å². The summed E-state index contributed by atoms with van der Waals surface area (Å²) in [5.74, 6) is 0. The summed E-state index contributed by atoms with van der Waals surface area (Å²) in [6.45, 7) is 0. The highest BCUT2D eigenvalue weighted by atomic mass is 15.3. The van der Waals surface area contributed by atoms with Gasteiger partial charge in [-0.1, -0.05) is 127 Å². The van der Waals surface area contributed by atoms with Crippen LogP contribution in [0.4, 0.5) is 17.1 Å². The zero-order valence-corrected chi connectivity index (χ0v) is 26.4. The van der Waals surface area contributed by atoms with Crippen molar-refractivity contribution in [2.45, 2.75) is 31.8 Å². The minimum atomic E-state index is 0.0713. The summed E-state index contributed by atoms with van der Waals surface area (Å²) >= 11 is 0. The molecule has 3 aliphatic rings. The maximum absolute atomic E-state index is 3.80. The van der Waals surface area contributed by atoms with Crippen LogP contribution in [0.3, 0.4) is 0 Å². The first kappa shape index (κ1) is 27.7. The zero-order chi connectivity index (χ0) is 31.2. The number of rotatable bonds is 5. The molecule has 1 unspecified atom stereocenters. The van der Waals surface area contributed by atoms with Crippen LogP contribution in [0.1, 0.15) is 31.2 Å². The van der Waals surface area contributed by atoms with E-state index in [1.54, 1.807) is 0 Å². The van der Waals surface area contributed by atoms with Crippen molar-refractivity contribution in [3.63, 3.8) is 0 Å². The summed E-state index contributed by atoms with van der Waals surface area (Å²) in [5, 5.41) is 9.04. The molecule has 2 aliphatic carbocycles. The molecule has 1 heterocycles. The second-order valence-corrected chi connectivity index (χ2v) is 12.7. The van der Waals surface area contributed by atoms with E-state index in [0.717, 1.165) is 25.7 Å². The molecule has 6 aromatic rings. The van der Waals surface area contributed by atoms with Crippen molar-refractivity contribution in [3.8, 4) is 22.3 Å². The molecule has 0 spiro atoms. The van der Waals surface area contributed by atoms with E-state index in [1.807, 2.05) is 0 Å². The van der Waals surface area contributed by atoms with Crippen LogP contribution in [0.15, 0.2) is 163 Å². The maximum atomic E-state index is 3.80. The number of para-hydroxylation sites is 2. The van der Waals surface area contributed by atoms with Crippen LogP contribution in [0.25, 0.3) is 49.4 Å². The Bertz CT molecular complexity index is 2270. The fourth-order valence-corrected chi connectivity index (χ4v) is 7.76. The smallest absolute Gasteiger partial charge is 0.130 e. The lowest BCUT2D eigenvalue weighted by Crippen LogP contribution is -2.33. The van der Waals surface area contributed by atoms with Gasteiger partial charge in [0.15, 0.2) is 0 Å². The van der Waals surface area contributed by atoms with Gasteiger partial charge in [0.2, 0.25) is 0 Å². The Balaban J connectivity index is 1.24. The highest BCUT2D eigenvalue weighted by Gasteiger charge is 2.32. The molecule has 2 heteroatoms. The van der Waals surface area contributed by atoms with E-state index in [4.69, 9.17) is 0 Å². The lowest BCUT2D eigenvalue weighted by Gasteiger charge is -2.29. The molecule has 0 radical (unpaired) electrons. The fourth-order valence-electron chi connectivity index (χ4n) is 7.76. The van der Waals surface area contributed by atoms with Crippen LogP contribution in [-0.2, 0) is 0 Å². The van der Waals surface area contributed by atoms with Gasteiger partial charge in [0.1, 0.15) is 6.17 Å². The molecule has 0 saturated carbocycles. The predicted octanol–water partition coefficient (Wildman–Crippen LogP) is 12.2. The predicted molar refractivity (Wildman–Crippen MR) is 201 cm³/mol. The number of nitrogens with one attached hydrogen (secondary N) is 1. The second kappa shape index (κ2) is 11.6. The minimum Gasteiger partial charge on any atom is -0.359 e. The van der Waals surface area contributed by atoms with Gasteiger partial charge in [0.05, 0.1) is 11.4 Å². The van der Waals surface area contributed by atoms with E-state index >= 15 is 0 Å². The van der Waals surface area contributed by atoms with E-state index in [-0.39, 0.29) is 6.17 Å². The number of hydrogen-bond donors (Lipinski definition) is 1. The first-order valence-electron chi connectivity index (χ1n) is 16.9. The summed E-state index contributed by atoms with van der Waals surface area (Å²) < 4.78 is 0. The van der Waals surface area contributed by atoms with Crippen molar-refractivity contribution in [3.05, 3.63) is 169 Å². The van der Waals surface area contributed by atoms with Crippen molar-refractivity contribution < 1.29 is 0 Å². The third-order valence-electron chi connectivity index (χ3n) is 9.95. The molecular formula is C45H36N2. The van der Waals surface area contributed by atoms with Gasteiger partial charge in [-0.25, -0.2) is 0 Å². The van der Waals surface area contributed by atoms with Crippen LogP contribution in [0.5, 0.6) is 0 Å². The summed E-state index contributed by atoms with van der Waals surface area (Å²) in [7, 11) is 0. The first-order valence-corrected chi connectivity index (χ1v) is 16.9. The molecule has 0 amide bonds. The molecule has 6 aromatic carbocycles. The Hall–Kier alpha value is -5.60. The minimum absolute atomic E-state index is 0.0713. The van der Waals surface area contributed by atoms with Crippen molar-refractivity contribution >= 4 is 44.2 Å². The van der Waals surface area contributed by atoms with Gasteiger partial charge in [-0.3, -0.25) is 0 Å². The molecule has 0 saturated heterocycles. The van der Waals surface area contributed by atoms with Crippen molar-refractivity contribution in [1.29, 1.82) is 0 Å². The highest BCUT2D eigenvalue weighted by molar-refractivity contribution is 6.19. The molecule has 1 aliphatic heterocycles. The van der Waals surface area contributed by atoms with Gasteiger partial charge < -0.3 is 10.2 Å². The monoisotopic (exact) mass is 604 g/mol. The average molecular weight is 605 g/mol. The SMILES string of the molecule is C1=CCCC(c2c3ccccc3c(-c3ccc(N4c5ccccc5NC4C4=CCCC=C4)cc3)c3cc(-c4ccccc4)ccc23)=C1. The van der Waals surface area contributed by atoms with Crippen LogP contribution >= 0.6 is 0 Å². The molecule has 2 nitrogen and oxygen atoms in total. The van der Waals surface area contributed by atoms with Crippen LogP contribution in [-0.4, -0.2) is 6.17 Å². The molecular weight excluding hydrogens is 569 g/mol. The molecule has 0 bridgehead atoms. The zero-order valence-electron chi connectivity index (χ0n) is 26.4. The van der Waals surface area contributed by atoms with Gasteiger partial charge in [0.25, 0.3) is 0 Å². The van der Waals surface area contributed by atoms with Gasteiger partial charge in [0, 0.05) is 5.69 Å². The number of fused-ring (bicyclic) bond motifs is 3. The second-order valence-electron chi connectivity index (χ2n) is 12.7. The number of benzene rings is 6. The van der Waals surface area contributed by atoms with Crippen molar-refractivity contribution in [2.75, 3.05) is 10.2 Å². The van der Waals surface area contributed by atoms with Crippen molar-refractivity contribution in [2.24, 2.45) is 0 Å². The molecule has 1 N–H and O–H groups in total. The molecule has 0 fully saturated rings. The van der Waals surface area contributed by atoms with Gasteiger partial charge in [-0.15, -0.1) is 0 Å². The lowest BCUT2D eigenvalue weighted by molar-refractivity contribution is 0.861. The van der Waals surface area contributed by atoms with E-state index in [9.17, 15) is 0 Å². The van der Waals surface area contributed by atoms with Crippen LogP contribution in [0, 0.1) is 0 Å². The fraction of sp³-hybridized carbons (Fsp3) is 0.111. The summed E-state index contributed by atoms with van der Waals surface area (Å²) in [6, 6.07) is 44.8. The van der Waals surface area contributed by atoms with Crippen LogP contribution in [0.2, 0.25) is 0 Å². The first-order chi connectivity index (χ1) is 23.3. The standard InChI is InChI=1S/C45H36N2/c1-4-14-31(15-5-1)35-26-29-39-40(30-35)44(38-21-11-10-20-37(38)43(39)32-16-6-2-7-17-32)33-24-27-36(28-25-33)47-42-23-13-12-22-41(42)46-45(47)34-18-8-3-9-19-34/h1-2,4-6,8,10-16,18-30,45-46H,3,7,9,17H2. The lowest BCUT2D eigenvalue weighted by atomic mass is 9.83. The van der Waals surface area contributed by atoms with E-state index < -0.39 is 0 Å². The number of hydrogen-bond acceptors (Lipinski definition) is 2. The summed E-state index contributed by atoms with van der Waals surface area (Å²) in [5.41, 5.74) is 12.7. The Morgan fingerprint density at radius 2 is 1.32 bits per heavy atom. The largest absolute Gasteiger partial charge is 0.359 e. The van der Waals surface area contributed by atoms with Crippen molar-refractivity contribution in [1.82, 2.24) is 0 Å². The number of anilines is 3.